The molecule has 11 nitrogen and oxygen atoms in total. The van der Waals surface area contributed by atoms with Gasteiger partial charge in [-0.15, -0.1) is 0 Å². The molecular formula is C23H26FN3O8S2. The molecule has 0 radical (unpaired) electrons. The van der Waals surface area contributed by atoms with Gasteiger partial charge in [-0.2, -0.15) is 12.8 Å². The molecule has 1 aliphatic heterocycles. The Kier molecular flexibility index (Phi) is 8.64. The Bertz CT molecular complexity index is 1300. The lowest BCUT2D eigenvalue weighted by Gasteiger charge is -2.22. The zero-order valence-corrected chi connectivity index (χ0v) is 22.0. The number of hydrogen-bond donors (Lipinski definition) is 1. The van der Waals surface area contributed by atoms with Crippen LogP contribution in [-0.4, -0.2) is 58.8 Å². The number of rotatable bonds is 12. The number of ketones is 1. The van der Waals surface area contributed by atoms with Gasteiger partial charge in [0.1, 0.15) is 17.3 Å². The number of hydrogen-bond acceptors (Lipinski definition) is 10. The SMILES string of the molecule is CCCCCCS(=O)(=O)Oc1ccc(F)c(NC(=O)C(C(=O)c2ccsn2)N2C(=O)OC(C)(C)C2=O)c1. The first kappa shape index (κ1) is 28.2. The van der Waals surface area contributed by atoms with Gasteiger partial charge in [0.05, 0.1) is 11.4 Å². The van der Waals surface area contributed by atoms with Gasteiger partial charge in [-0.1, -0.05) is 26.2 Å². The number of carbonyl (C=O) groups excluding carboxylic acids is 4. The molecule has 1 unspecified atom stereocenters. The van der Waals surface area contributed by atoms with E-state index in [-0.39, 0.29) is 17.2 Å². The van der Waals surface area contributed by atoms with E-state index >= 15 is 0 Å². The van der Waals surface area contributed by atoms with E-state index < -0.39 is 57.0 Å². The van der Waals surface area contributed by atoms with E-state index in [0.29, 0.717) is 17.7 Å². The predicted octanol–water partition coefficient (Wildman–Crippen LogP) is 3.52. The minimum atomic E-state index is -3.98. The van der Waals surface area contributed by atoms with Gasteiger partial charge in [0.25, 0.3) is 11.8 Å². The Morgan fingerprint density at radius 2 is 1.95 bits per heavy atom. The predicted molar refractivity (Wildman–Crippen MR) is 131 cm³/mol. The van der Waals surface area contributed by atoms with E-state index in [4.69, 9.17) is 8.92 Å². The minimum absolute atomic E-state index is 0.192. The molecule has 0 aliphatic carbocycles. The molecule has 0 bridgehead atoms. The van der Waals surface area contributed by atoms with E-state index in [2.05, 4.69) is 9.69 Å². The van der Waals surface area contributed by atoms with Crippen molar-refractivity contribution in [1.82, 2.24) is 9.27 Å². The number of unbranched alkanes of at least 4 members (excludes halogenated alkanes) is 3. The van der Waals surface area contributed by atoms with Crippen LogP contribution in [-0.2, 0) is 24.4 Å². The van der Waals surface area contributed by atoms with Crippen LogP contribution in [0.5, 0.6) is 5.75 Å². The summed E-state index contributed by atoms with van der Waals surface area (Å²) in [5.41, 5.74) is -2.36. The molecule has 37 heavy (non-hydrogen) atoms. The maximum atomic E-state index is 14.6. The molecule has 0 saturated carbocycles. The highest BCUT2D eigenvalue weighted by molar-refractivity contribution is 7.87. The van der Waals surface area contributed by atoms with Crippen LogP contribution in [0.4, 0.5) is 14.9 Å². The lowest BCUT2D eigenvalue weighted by Crippen LogP contribution is -2.53. The highest BCUT2D eigenvalue weighted by atomic mass is 32.2. The largest absolute Gasteiger partial charge is 0.433 e. The Hall–Kier alpha value is -3.39. The maximum absolute atomic E-state index is 14.6. The number of imide groups is 1. The molecule has 2 heterocycles. The Morgan fingerprint density at radius 1 is 1.22 bits per heavy atom. The Morgan fingerprint density at radius 3 is 2.54 bits per heavy atom. The molecule has 200 valence electrons. The van der Waals surface area contributed by atoms with Gasteiger partial charge in [0.2, 0.25) is 5.78 Å². The van der Waals surface area contributed by atoms with Crippen LogP contribution in [0.15, 0.2) is 29.6 Å². The van der Waals surface area contributed by atoms with Crippen LogP contribution in [0.2, 0.25) is 0 Å². The van der Waals surface area contributed by atoms with Crippen molar-refractivity contribution in [1.29, 1.82) is 0 Å². The summed E-state index contributed by atoms with van der Waals surface area (Å²) in [7, 11) is -3.98. The van der Waals surface area contributed by atoms with Crippen molar-refractivity contribution >= 4 is 51.0 Å². The van der Waals surface area contributed by atoms with Gasteiger partial charge in [-0.25, -0.2) is 14.1 Å². The number of nitrogens with one attached hydrogen (secondary N) is 1. The molecule has 1 aromatic heterocycles. The fourth-order valence-corrected chi connectivity index (χ4v) is 5.04. The van der Waals surface area contributed by atoms with Crippen molar-refractivity contribution in [3.05, 3.63) is 41.2 Å². The smallest absolute Gasteiger partial charge is 0.418 e. The van der Waals surface area contributed by atoms with Crippen molar-refractivity contribution < 1.29 is 40.9 Å². The molecule has 1 atom stereocenters. The van der Waals surface area contributed by atoms with Crippen molar-refractivity contribution in [2.45, 2.75) is 58.1 Å². The van der Waals surface area contributed by atoms with Gasteiger partial charge in [0.15, 0.2) is 11.6 Å². The first-order valence-electron chi connectivity index (χ1n) is 11.4. The first-order chi connectivity index (χ1) is 17.4. The summed E-state index contributed by atoms with van der Waals surface area (Å²) in [5, 5.41) is 3.61. The molecule has 1 aromatic carbocycles. The molecule has 3 rings (SSSR count). The van der Waals surface area contributed by atoms with Gasteiger partial charge in [0, 0.05) is 11.4 Å². The summed E-state index contributed by atoms with van der Waals surface area (Å²) in [4.78, 5) is 51.9. The van der Waals surface area contributed by atoms with Crippen molar-refractivity contribution in [2.24, 2.45) is 0 Å². The van der Waals surface area contributed by atoms with Crippen LogP contribution in [0.25, 0.3) is 0 Å². The van der Waals surface area contributed by atoms with Crippen LogP contribution in [0, 0.1) is 5.82 Å². The normalized spacial score (nSPS) is 15.8. The second kappa shape index (κ2) is 11.3. The molecule has 3 amide bonds. The lowest BCUT2D eigenvalue weighted by molar-refractivity contribution is -0.137. The summed E-state index contributed by atoms with van der Waals surface area (Å²) in [6.45, 7) is 4.56. The third-order valence-corrected chi connectivity index (χ3v) is 7.18. The van der Waals surface area contributed by atoms with E-state index in [1.54, 1.807) is 0 Å². The highest BCUT2D eigenvalue weighted by Gasteiger charge is 2.54. The third kappa shape index (κ3) is 6.68. The number of anilines is 1. The summed E-state index contributed by atoms with van der Waals surface area (Å²) >= 11 is 0.907. The Labute approximate surface area is 217 Å². The number of Topliss-reactive ketones (excluding diaryl/α,β-unsaturated/α-hetero) is 1. The van der Waals surface area contributed by atoms with Gasteiger partial charge in [-0.3, -0.25) is 14.4 Å². The minimum Gasteiger partial charge on any atom is -0.433 e. The first-order valence-corrected chi connectivity index (χ1v) is 13.8. The fraction of sp³-hybridized carbons (Fsp3) is 0.435. The van der Waals surface area contributed by atoms with Crippen LogP contribution < -0.4 is 9.50 Å². The summed E-state index contributed by atoms with van der Waals surface area (Å²) in [6.07, 6.45) is 1.65. The van der Waals surface area contributed by atoms with Gasteiger partial charge >= 0.3 is 16.2 Å². The number of aromatic nitrogens is 1. The average Bonchev–Trinajstić information content (AvgIpc) is 3.42. The highest BCUT2D eigenvalue weighted by Crippen LogP contribution is 2.29. The van der Waals surface area contributed by atoms with E-state index in [1.165, 1.54) is 25.3 Å². The number of ether oxygens (including phenoxy) is 1. The van der Waals surface area contributed by atoms with Crippen molar-refractivity contribution in [3.8, 4) is 5.75 Å². The molecule has 14 heteroatoms. The third-order valence-electron chi connectivity index (χ3n) is 5.38. The maximum Gasteiger partial charge on any atom is 0.418 e. The summed E-state index contributed by atoms with van der Waals surface area (Å²) < 4.78 is 53.0. The van der Waals surface area contributed by atoms with Crippen molar-refractivity contribution in [2.75, 3.05) is 11.1 Å². The van der Waals surface area contributed by atoms with Gasteiger partial charge < -0.3 is 14.2 Å². The monoisotopic (exact) mass is 555 g/mol. The van der Waals surface area contributed by atoms with Crippen molar-refractivity contribution in [3.63, 3.8) is 0 Å². The summed E-state index contributed by atoms with van der Waals surface area (Å²) in [6, 6.07) is 2.10. The standard InChI is InChI=1S/C23H26FN3O8S2/c1-4-5-6-7-12-37(32,33)35-14-8-9-15(24)17(13-14)25-20(29)18(19(28)16-10-11-36-26-16)27-21(30)23(2,3)34-22(27)31/h8-11,13,18H,4-7,12H2,1-3H3,(H,25,29). The quantitative estimate of drug-likeness (QED) is 0.180. The second-order valence-electron chi connectivity index (χ2n) is 8.74. The molecule has 2 aromatic rings. The molecule has 1 aliphatic rings. The number of halogens is 1. The molecule has 1 fully saturated rings. The summed E-state index contributed by atoms with van der Waals surface area (Å²) in [5.74, 6) is -4.67. The lowest BCUT2D eigenvalue weighted by atomic mass is 10.0. The van der Waals surface area contributed by atoms with E-state index in [9.17, 15) is 32.0 Å². The van der Waals surface area contributed by atoms with E-state index in [0.717, 1.165) is 42.6 Å². The van der Waals surface area contributed by atoms with Gasteiger partial charge in [-0.05, 0) is 50.0 Å². The van der Waals surface area contributed by atoms with Crippen LogP contribution in [0.3, 0.4) is 0 Å². The number of nitrogens with zero attached hydrogens (tertiary/aromatic N) is 2. The number of benzene rings is 1. The molecule has 1 saturated heterocycles. The number of carbonyl (C=O) groups is 4. The number of cyclic esters (lactones) is 1. The molecule has 0 spiro atoms. The topological polar surface area (TPSA) is 149 Å². The average molecular weight is 556 g/mol. The second-order valence-corrected chi connectivity index (χ2v) is 11.1. The van der Waals surface area contributed by atoms with E-state index in [1.807, 2.05) is 6.92 Å². The Balaban J connectivity index is 1.86. The molecular weight excluding hydrogens is 529 g/mol. The van der Waals surface area contributed by atoms with Crippen LogP contribution in [0.1, 0.15) is 56.9 Å². The number of amides is 3. The zero-order valence-electron chi connectivity index (χ0n) is 20.4. The fourth-order valence-electron chi connectivity index (χ4n) is 3.49. The molecule has 1 N–H and O–H groups in total. The zero-order chi connectivity index (χ0) is 27.4. The van der Waals surface area contributed by atoms with Crippen LogP contribution >= 0.6 is 11.5 Å².